The first-order valence-corrected chi connectivity index (χ1v) is 9.86. The monoisotopic (exact) mass is 435 g/mol. The molecule has 3 N–H and O–H groups in total. The van der Waals surface area contributed by atoms with E-state index >= 15 is 0 Å². The molecule has 2 heterocycles. The first-order chi connectivity index (χ1) is 14.7. The van der Waals surface area contributed by atoms with E-state index in [4.69, 9.17) is 9.47 Å². The number of benzene rings is 1. The number of aliphatic hydroxyl groups is 2. The maximum absolute atomic E-state index is 12.3. The normalized spacial score (nSPS) is 22.0. The standard InChI is InChI=1S/C20H25N3O8/c1-11(2)18(13-5-3-4-6-14(13)23(28)29)30-10-12-8-22(20(27)21-19(12)26)17-7-15(25)16(9-24)31-17/h3-6,8,11,15-18,24-25H,7,9-10H2,1-2H3,(H,21,26,27)/t15-,16+,17+,18-/m0/s1. The molecule has 31 heavy (non-hydrogen) atoms. The zero-order valence-electron chi connectivity index (χ0n) is 17.1. The maximum atomic E-state index is 12.3. The van der Waals surface area contributed by atoms with E-state index in [1.807, 2.05) is 13.8 Å². The van der Waals surface area contributed by atoms with E-state index < -0.39 is 47.3 Å². The molecule has 11 heteroatoms. The number of H-pyrrole nitrogens is 1. The van der Waals surface area contributed by atoms with Gasteiger partial charge in [-0.2, -0.15) is 0 Å². The summed E-state index contributed by atoms with van der Waals surface area (Å²) < 4.78 is 12.5. The lowest BCUT2D eigenvalue weighted by atomic mass is 9.97. The fraction of sp³-hybridized carbons (Fsp3) is 0.500. The number of aromatic amines is 1. The van der Waals surface area contributed by atoms with Crippen LogP contribution in [-0.4, -0.2) is 43.5 Å². The molecule has 1 aliphatic heterocycles. The van der Waals surface area contributed by atoms with Crippen molar-refractivity contribution in [2.45, 2.75) is 51.4 Å². The topological polar surface area (TPSA) is 157 Å². The van der Waals surface area contributed by atoms with Gasteiger partial charge in [-0.3, -0.25) is 24.5 Å². The Hall–Kier alpha value is -2.86. The molecule has 0 amide bonds. The van der Waals surface area contributed by atoms with Crippen LogP contribution < -0.4 is 11.2 Å². The van der Waals surface area contributed by atoms with Crippen LogP contribution >= 0.6 is 0 Å². The van der Waals surface area contributed by atoms with E-state index in [0.717, 1.165) is 4.57 Å². The van der Waals surface area contributed by atoms with E-state index in [2.05, 4.69) is 4.98 Å². The van der Waals surface area contributed by atoms with Crippen LogP contribution in [0.2, 0.25) is 0 Å². The Kier molecular flexibility index (Phi) is 7.01. The molecule has 0 bridgehead atoms. The Morgan fingerprint density at radius 1 is 1.35 bits per heavy atom. The van der Waals surface area contributed by atoms with Gasteiger partial charge in [0.2, 0.25) is 0 Å². The molecule has 1 saturated heterocycles. The lowest BCUT2D eigenvalue weighted by Gasteiger charge is -2.22. The Morgan fingerprint density at radius 2 is 2.06 bits per heavy atom. The number of nitrogens with zero attached hydrogens (tertiary/aromatic N) is 2. The summed E-state index contributed by atoms with van der Waals surface area (Å²) in [4.78, 5) is 37.6. The van der Waals surface area contributed by atoms with Gasteiger partial charge in [-0.15, -0.1) is 0 Å². The van der Waals surface area contributed by atoms with Crippen molar-refractivity contribution in [2.75, 3.05) is 6.61 Å². The number of aromatic nitrogens is 2. The molecule has 0 spiro atoms. The number of hydrogen-bond acceptors (Lipinski definition) is 8. The van der Waals surface area contributed by atoms with Crippen LogP contribution in [0, 0.1) is 16.0 Å². The van der Waals surface area contributed by atoms with Gasteiger partial charge in [0.05, 0.1) is 41.5 Å². The van der Waals surface area contributed by atoms with Crippen molar-refractivity contribution in [1.82, 2.24) is 9.55 Å². The largest absolute Gasteiger partial charge is 0.394 e. The van der Waals surface area contributed by atoms with E-state index in [1.165, 1.54) is 12.3 Å². The second kappa shape index (κ2) is 9.52. The molecule has 1 fully saturated rings. The summed E-state index contributed by atoms with van der Waals surface area (Å²) in [5.41, 5.74) is -0.939. The molecule has 4 atom stereocenters. The van der Waals surface area contributed by atoms with Gasteiger partial charge >= 0.3 is 5.69 Å². The minimum atomic E-state index is -0.947. The highest BCUT2D eigenvalue weighted by Gasteiger charge is 2.35. The highest BCUT2D eigenvalue weighted by atomic mass is 16.6. The lowest BCUT2D eigenvalue weighted by molar-refractivity contribution is -0.386. The third-order valence-electron chi connectivity index (χ3n) is 5.20. The molecule has 0 saturated carbocycles. The Balaban J connectivity index is 1.86. The van der Waals surface area contributed by atoms with E-state index in [1.54, 1.807) is 18.2 Å². The van der Waals surface area contributed by atoms with Crippen molar-refractivity contribution < 1.29 is 24.6 Å². The molecule has 168 valence electrons. The van der Waals surface area contributed by atoms with Crippen molar-refractivity contribution in [3.05, 3.63) is 72.5 Å². The molecule has 11 nitrogen and oxygen atoms in total. The number of nitro groups is 1. The average Bonchev–Trinajstić information content (AvgIpc) is 3.10. The van der Waals surface area contributed by atoms with Crippen LogP contribution in [0.5, 0.6) is 0 Å². The van der Waals surface area contributed by atoms with Crippen LogP contribution in [0.15, 0.2) is 40.1 Å². The molecule has 1 aromatic heterocycles. The molecule has 0 unspecified atom stereocenters. The second-order valence-electron chi connectivity index (χ2n) is 7.73. The van der Waals surface area contributed by atoms with Gasteiger partial charge in [-0.25, -0.2) is 4.79 Å². The van der Waals surface area contributed by atoms with Crippen molar-refractivity contribution >= 4 is 5.69 Å². The average molecular weight is 435 g/mol. The Labute approximate surface area is 177 Å². The van der Waals surface area contributed by atoms with Crippen molar-refractivity contribution in [3.8, 4) is 0 Å². The number of aliphatic hydroxyl groups excluding tert-OH is 2. The summed E-state index contributed by atoms with van der Waals surface area (Å²) in [6.45, 7) is 3.07. The van der Waals surface area contributed by atoms with E-state index in [0.29, 0.717) is 5.56 Å². The van der Waals surface area contributed by atoms with Crippen LogP contribution in [0.1, 0.15) is 43.7 Å². The summed E-state index contributed by atoms with van der Waals surface area (Å²) in [5.74, 6) is -0.135. The van der Waals surface area contributed by atoms with E-state index in [-0.39, 0.29) is 30.2 Å². The fourth-order valence-corrected chi connectivity index (χ4v) is 3.61. The minimum Gasteiger partial charge on any atom is -0.394 e. The Bertz CT molecular complexity index is 1050. The minimum absolute atomic E-state index is 0.0717. The van der Waals surface area contributed by atoms with Crippen LogP contribution in [0.25, 0.3) is 0 Å². The predicted molar refractivity (Wildman–Crippen MR) is 108 cm³/mol. The number of para-hydroxylation sites is 1. The van der Waals surface area contributed by atoms with E-state index in [9.17, 15) is 29.9 Å². The van der Waals surface area contributed by atoms with Gasteiger partial charge in [-0.05, 0) is 12.0 Å². The molecule has 3 rings (SSSR count). The smallest absolute Gasteiger partial charge is 0.330 e. The van der Waals surface area contributed by atoms with Crippen LogP contribution in [0.3, 0.4) is 0 Å². The molecule has 0 radical (unpaired) electrons. The van der Waals surface area contributed by atoms with Gasteiger partial charge < -0.3 is 19.7 Å². The third-order valence-corrected chi connectivity index (χ3v) is 5.20. The Morgan fingerprint density at radius 3 is 2.68 bits per heavy atom. The van der Waals surface area contributed by atoms with Crippen molar-refractivity contribution in [2.24, 2.45) is 5.92 Å². The van der Waals surface area contributed by atoms with Crippen LogP contribution in [0.4, 0.5) is 5.69 Å². The van der Waals surface area contributed by atoms with Gasteiger partial charge in [0.1, 0.15) is 12.3 Å². The van der Waals surface area contributed by atoms with Crippen molar-refractivity contribution in [1.29, 1.82) is 0 Å². The molecular weight excluding hydrogens is 410 g/mol. The molecule has 1 aromatic carbocycles. The van der Waals surface area contributed by atoms with Gasteiger partial charge in [-0.1, -0.05) is 26.0 Å². The van der Waals surface area contributed by atoms with Crippen molar-refractivity contribution in [3.63, 3.8) is 0 Å². The molecule has 2 aromatic rings. The molecular formula is C20H25N3O8. The maximum Gasteiger partial charge on any atom is 0.330 e. The summed E-state index contributed by atoms with van der Waals surface area (Å²) in [7, 11) is 0. The molecule has 0 aliphatic carbocycles. The number of ether oxygens (including phenoxy) is 2. The second-order valence-corrected chi connectivity index (χ2v) is 7.73. The number of hydrogen-bond donors (Lipinski definition) is 3. The molecule has 1 aliphatic rings. The lowest BCUT2D eigenvalue weighted by Crippen LogP contribution is -2.34. The number of nitro benzene ring substituents is 1. The SMILES string of the molecule is CC(C)[C@H](OCc1cn([C@H]2C[C@H](O)[C@@H](CO)O2)c(=O)[nH]c1=O)c1ccccc1[N+](=O)[O-]. The van der Waals surface area contributed by atoms with Gasteiger partial charge in [0, 0.05) is 18.7 Å². The summed E-state index contributed by atoms with van der Waals surface area (Å²) in [6.07, 6.45) is -1.93. The fourth-order valence-electron chi connectivity index (χ4n) is 3.61. The third kappa shape index (κ3) is 4.90. The highest BCUT2D eigenvalue weighted by molar-refractivity contribution is 5.41. The summed E-state index contributed by atoms with van der Waals surface area (Å²) in [6, 6.07) is 6.24. The first kappa shape index (κ1) is 22.8. The zero-order valence-corrected chi connectivity index (χ0v) is 17.1. The summed E-state index contributed by atoms with van der Waals surface area (Å²) >= 11 is 0. The predicted octanol–water partition coefficient (Wildman–Crippen LogP) is 0.999. The number of nitrogens with one attached hydrogen (secondary N) is 1. The van der Waals surface area contributed by atoms with Gasteiger partial charge in [0.25, 0.3) is 11.2 Å². The number of rotatable bonds is 8. The zero-order chi connectivity index (χ0) is 22.7. The van der Waals surface area contributed by atoms with Gasteiger partial charge in [0.15, 0.2) is 0 Å². The quantitative estimate of drug-likeness (QED) is 0.409. The summed E-state index contributed by atoms with van der Waals surface area (Å²) in [5, 5.41) is 30.5. The highest BCUT2D eigenvalue weighted by Crippen LogP contribution is 2.33. The van der Waals surface area contributed by atoms with Crippen LogP contribution in [-0.2, 0) is 16.1 Å². The first-order valence-electron chi connectivity index (χ1n) is 9.86.